The summed E-state index contributed by atoms with van der Waals surface area (Å²) in [6.07, 6.45) is 10.7. The van der Waals surface area contributed by atoms with Crippen LogP contribution in [-0.2, 0) is 9.53 Å². The Morgan fingerprint density at radius 1 is 1.15 bits per heavy atom. The van der Waals surface area contributed by atoms with E-state index in [0.29, 0.717) is 27.8 Å². The molecule has 0 radical (unpaired) electrons. The second-order valence-electron chi connectivity index (χ2n) is 9.53. The number of nitrogens with zero attached hydrogens (tertiary/aromatic N) is 5. The number of nitrogens with one attached hydrogen (secondary N) is 4. The lowest BCUT2D eigenvalue weighted by Gasteiger charge is -2.16. The van der Waals surface area contributed by atoms with Crippen molar-refractivity contribution in [1.82, 2.24) is 35.5 Å². The van der Waals surface area contributed by atoms with Crippen molar-refractivity contribution < 1.29 is 14.3 Å². The number of H-pyrrole nitrogens is 1. The van der Waals surface area contributed by atoms with E-state index in [0.717, 1.165) is 55.6 Å². The fraction of sp³-hybridized carbons (Fsp3) is 0.286. The molecule has 12 nitrogen and oxygen atoms in total. The fourth-order valence-electron chi connectivity index (χ4n) is 4.67. The number of carbonyl (C=O) groups is 2. The topological polar surface area (TPSA) is 152 Å². The van der Waals surface area contributed by atoms with Gasteiger partial charge in [-0.25, -0.2) is 9.78 Å². The van der Waals surface area contributed by atoms with Gasteiger partial charge in [0.05, 0.1) is 24.5 Å². The minimum atomic E-state index is -0.536. The molecule has 5 rings (SSSR count). The standard InChI is InChI=1S/C28H30ClN9O3/c1-41-28(40)33-20-9-10-21-23(15-20)30-13-5-3-2-4-6-22(27-31-16-24(21)35-27)34-26(39)12-7-18-14-19(29)8-11-25(18)38-17-32-36-37-38/h7-12,14-17,22,30H,2-6,13H2,1H3,(H,31,35)(H,33,40)(H,34,39)/b12-7+/t22-/m0/s1. The van der Waals surface area contributed by atoms with E-state index in [2.05, 4.69) is 36.5 Å². The summed E-state index contributed by atoms with van der Waals surface area (Å²) in [6, 6.07) is 10.5. The summed E-state index contributed by atoms with van der Waals surface area (Å²) in [5.74, 6) is 0.404. The molecule has 0 fully saturated rings. The highest BCUT2D eigenvalue weighted by Crippen LogP contribution is 2.32. The molecular weight excluding hydrogens is 546 g/mol. The minimum Gasteiger partial charge on any atom is -0.453 e. The third kappa shape index (κ3) is 7.09. The predicted molar refractivity (Wildman–Crippen MR) is 156 cm³/mol. The molecule has 1 aliphatic heterocycles. The van der Waals surface area contributed by atoms with Crippen LogP contribution in [0.4, 0.5) is 16.2 Å². The number of amides is 2. The Balaban J connectivity index is 1.37. The quantitative estimate of drug-likeness (QED) is 0.239. The van der Waals surface area contributed by atoms with Crippen LogP contribution in [-0.4, -0.2) is 55.8 Å². The summed E-state index contributed by atoms with van der Waals surface area (Å²) in [6.45, 7) is 0.785. The van der Waals surface area contributed by atoms with Crippen molar-refractivity contribution >= 4 is 41.1 Å². The molecule has 4 N–H and O–H groups in total. The molecule has 0 saturated carbocycles. The van der Waals surface area contributed by atoms with Crippen molar-refractivity contribution in [2.45, 2.75) is 38.1 Å². The Morgan fingerprint density at radius 2 is 2.02 bits per heavy atom. The largest absolute Gasteiger partial charge is 0.453 e. The monoisotopic (exact) mass is 575 g/mol. The second-order valence-corrected chi connectivity index (χ2v) is 9.97. The number of ether oxygens (including phenoxy) is 1. The molecule has 41 heavy (non-hydrogen) atoms. The molecule has 3 heterocycles. The number of imidazole rings is 1. The molecule has 2 amide bonds. The minimum absolute atomic E-state index is 0.263. The number of hydrogen-bond donors (Lipinski definition) is 4. The zero-order valence-corrected chi connectivity index (χ0v) is 23.2. The number of tetrazole rings is 1. The first-order valence-corrected chi connectivity index (χ1v) is 13.7. The third-order valence-electron chi connectivity index (χ3n) is 6.71. The molecule has 1 atom stereocenters. The van der Waals surface area contributed by atoms with Gasteiger partial charge in [0.2, 0.25) is 5.91 Å². The number of methoxy groups -OCH3 is 1. The van der Waals surface area contributed by atoms with E-state index >= 15 is 0 Å². The van der Waals surface area contributed by atoms with Crippen molar-refractivity contribution in [3.05, 3.63) is 71.4 Å². The van der Waals surface area contributed by atoms with Crippen LogP contribution in [0.2, 0.25) is 5.02 Å². The summed E-state index contributed by atoms with van der Waals surface area (Å²) in [4.78, 5) is 32.9. The van der Waals surface area contributed by atoms with Crippen LogP contribution >= 0.6 is 11.6 Å². The first kappa shape index (κ1) is 27.8. The number of halogens is 1. The molecular formula is C28H30ClN9O3. The first-order valence-electron chi connectivity index (χ1n) is 13.3. The van der Waals surface area contributed by atoms with E-state index in [4.69, 9.17) is 21.3 Å². The van der Waals surface area contributed by atoms with Crippen LogP contribution in [0.15, 0.2) is 55.0 Å². The van der Waals surface area contributed by atoms with E-state index in [1.807, 2.05) is 18.3 Å². The molecule has 0 saturated heterocycles. The van der Waals surface area contributed by atoms with Crippen molar-refractivity contribution in [1.29, 1.82) is 0 Å². The average Bonchev–Trinajstić information content (AvgIpc) is 3.68. The van der Waals surface area contributed by atoms with Crippen molar-refractivity contribution in [3.8, 4) is 16.9 Å². The van der Waals surface area contributed by atoms with Crippen LogP contribution in [0.1, 0.15) is 49.5 Å². The maximum Gasteiger partial charge on any atom is 0.411 e. The van der Waals surface area contributed by atoms with Gasteiger partial charge >= 0.3 is 6.09 Å². The van der Waals surface area contributed by atoms with Gasteiger partial charge in [-0.05, 0) is 65.7 Å². The number of hydrogen-bond acceptors (Lipinski definition) is 8. The van der Waals surface area contributed by atoms with Crippen LogP contribution in [0.25, 0.3) is 23.0 Å². The fourth-order valence-corrected chi connectivity index (χ4v) is 4.85. The van der Waals surface area contributed by atoms with Gasteiger partial charge in [-0.1, -0.05) is 30.9 Å². The van der Waals surface area contributed by atoms with E-state index < -0.39 is 6.09 Å². The number of carbonyl (C=O) groups excluding carboxylic acids is 2. The number of anilines is 2. The van der Waals surface area contributed by atoms with Crippen molar-refractivity contribution in [3.63, 3.8) is 0 Å². The number of aromatic amines is 1. The van der Waals surface area contributed by atoms with Gasteiger partial charge in [0.1, 0.15) is 12.2 Å². The number of aromatic nitrogens is 6. The Bertz CT molecular complexity index is 1530. The van der Waals surface area contributed by atoms with Crippen LogP contribution in [0.5, 0.6) is 0 Å². The molecule has 1 aliphatic rings. The summed E-state index contributed by atoms with van der Waals surface area (Å²) in [5.41, 5.74) is 4.45. The van der Waals surface area contributed by atoms with Crippen LogP contribution in [0, 0.1) is 0 Å². The lowest BCUT2D eigenvalue weighted by Crippen LogP contribution is -2.27. The molecule has 2 aromatic heterocycles. The van der Waals surface area contributed by atoms with E-state index in [1.54, 1.807) is 30.3 Å². The third-order valence-corrected chi connectivity index (χ3v) is 6.94. The normalized spacial score (nSPS) is 15.5. The SMILES string of the molecule is COC(=O)Nc1ccc2c(c1)NCCCCCC[C@H](NC(=O)/C=C/c1cc(Cl)ccc1-n1cnnn1)c1nc-2c[nH]1. The smallest absolute Gasteiger partial charge is 0.411 e. The van der Waals surface area contributed by atoms with Gasteiger partial charge in [-0.2, -0.15) is 4.68 Å². The maximum absolute atomic E-state index is 13.1. The Hall–Kier alpha value is -4.71. The van der Waals surface area contributed by atoms with E-state index in [9.17, 15) is 9.59 Å². The summed E-state index contributed by atoms with van der Waals surface area (Å²) in [7, 11) is 1.33. The molecule has 2 aromatic carbocycles. The summed E-state index contributed by atoms with van der Waals surface area (Å²) >= 11 is 6.21. The number of benzene rings is 2. The molecule has 0 spiro atoms. The molecule has 0 unspecified atom stereocenters. The summed E-state index contributed by atoms with van der Waals surface area (Å²) in [5, 5.41) is 21.1. The van der Waals surface area contributed by atoms with Crippen LogP contribution in [0.3, 0.4) is 0 Å². The highest BCUT2D eigenvalue weighted by molar-refractivity contribution is 6.30. The van der Waals surface area contributed by atoms with E-state index in [1.165, 1.54) is 24.2 Å². The highest BCUT2D eigenvalue weighted by Gasteiger charge is 2.19. The second kappa shape index (κ2) is 13.1. The lowest BCUT2D eigenvalue weighted by atomic mass is 10.1. The summed E-state index contributed by atoms with van der Waals surface area (Å²) < 4.78 is 6.23. The zero-order valence-electron chi connectivity index (χ0n) is 22.4. The van der Waals surface area contributed by atoms with Gasteiger partial charge < -0.3 is 20.4 Å². The predicted octanol–water partition coefficient (Wildman–Crippen LogP) is 5.13. The van der Waals surface area contributed by atoms with Gasteiger partial charge in [-0.15, -0.1) is 5.10 Å². The maximum atomic E-state index is 13.1. The number of rotatable bonds is 5. The van der Waals surface area contributed by atoms with Crippen LogP contribution < -0.4 is 16.0 Å². The molecule has 212 valence electrons. The van der Waals surface area contributed by atoms with Crippen molar-refractivity contribution in [2.24, 2.45) is 0 Å². The first-order chi connectivity index (χ1) is 20.0. The van der Waals surface area contributed by atoms with Gasteiger partial charge in [0.25, 0.3) is 0 Å². The Labute approximate surface area is 241 Å². The molecule has 13 heteroatoms. The lowest BCUT2D eigenvalue weighted by molar-refractivity contribution is -0.117. The average molecular weight is 576 g/mol. The molecule has 4 aromatic rings. The highest BCUT2D eigenvalue weighted by atomic mass is 35.5. The zero-order chi connectivity index (χ0) is 28.6. The number of fused-ring (bicyclic) bond motifs is 4. The molecule has 0 aliphatic carbocycles. The Kier molecular flexibility index (Phi) is 8.89. The Morgan fingerprint density at radius 3 is 2.85 bits per heavy atom. The molecule has 2 bridgehead atoms. The van der Waals surface area contributed by atoms with E-state index in [-0.39, 0.29) is 11.9 Å². The van der Waals surface area contributed by atoms with Gasteiger partial charge in [0, 0.05) is 46.3 Å². The van der Waals surface area contributed by atoms with Gasteiger partial charge in [0.15, 0.2) is 0 Å². The van der Waals surface area contributed by atoms with Crippen molar-refractivity contribution in [2.75, 3.05) is 24.3 Å². The van der Waals surface area contributed by atoms with Gasteiger partial charge in [-0.3, -0.25) is 10.1 Å².